The van der Waals surface area contributed by atoms with Crippen molar-refractivity contribution in [1.29, 1.82) is 0 Å². The summed E-state index contributed by atoms with van der Waals surface area (Å²) in [5.74, 6) is 0.284. The number of ketones is 1. The number of aldehydes is 1. The highest BCUT2D eigenvalue weighted by Crippen LogP contribution is 2.37. The van der Waals surface area contributed by atoms with Crippen LogP contribution < -0.4 is 0 Å². The summed E-state index contributed by atoms with van der Waals surface area (Å²) in [7, 11) is 0. The van der Waals surface area contributed by atoms with Crippen molar-refractivity contribution in [3.63, 3.8) is 0 Å². The zero-order valence-corrected chi connectivity index (χ0v) is 9.93. The second-order valence-electron chi connectivity index (χ2n) is 4.50. The van der Waals surface area contributed by atoms with E-state index >= 15 is 0 Å². The summed E-state index contributed by atoms with van der Waals surface area (Å²) in [4.78, 5) is 22.5. The van der Waals surface area contributed by atoms with Gasteiger partial charge in [0.05, 0.1) is 0 Å². The Kier molecular flexibility index (Phi) is 3.52. The summed E-state index contributed by atoms with van der Waals surface area (Å²) in [6, 6.07) is 10.0. The van der Waals surface area contributed by atoms with Crippen LogP contribution in [0.5, 0.6) is 0 Å². The first-order valence-corrected chi connectivity index (χ1v) is 5.95. The lowest BCUT2D eigenvalue weighted by Gasteiger charge is -2.17. The average molecular weight is 228 g/mol. The molecule has 1 aliphatic rings. The number of hydrogen-bond acceptors (Lipinski definition) is 2. The molecule has 0 aromatic heterocycles. The molecule has 0 bridgehead atoms. The molecule has 2 rings (SSSR count). The van der Waals surface area contributed by atoms with Crippen LogP contribution in [0.15, 0.2) is 42.0 Å². The Hall–Kier alpha value is -1.70. The van der Waals surface area contributed by atoms with Gasteiger partial charge in [-0.05, 0) is 24.5 Å². The van der Waals surface area contributed by atoms with Crippen LogP contribution in [0.3, 0.4) is 0 Å². The summed E-state index contributed by atoms with van der Waals surface area (Å²) < 4.78 is 0. The van der Waals surface area contributed by atoms with Gasteiger partial charge < -0.3 is 4.79 Å². The van der Waals surface area contributed by atoms with E-state index in [9.17, 15) is 9.59 Å². The molecule has 88 valence electrons. The van der Waals surface area contributed by atoms with Gasteiger partial charge in [-0.2, -0.15) is 0 Å². The molecule has 2 atom stereocenters. The van der Waals surface area contributed by atoms with Crippen molar-refractivity contribution in [3.8, 4) is 0 Å². The second kappa shape index (κ2) is 5.09. The quantitative estimate of drug-likeness (QED) is 0.742. The Morgan fingerprint density at radius 1 is 1.24 bits per heavy atom. The summed E-state index contributed by atoms with van der Waals surface area (Å²) in [5.41, 5.74) is 1.99. The fraction of sp³-hybridized carbons (Fsp3) is 0.333. The van der Waals surface area contributed by atoms with Gasteiger partial charge in [-0.15, -0.1) is 0 Å². The lowest BCUT2D eigenvalue weighted by atomic mass is 9.85. The average Bonchev–Trinajstić information content (AvgIpc) is 2.65. The lowest BCUT2D eigenvalue weighted by Crippen LogP contribution is -2.16. The van der Waals surface area contributed by atoms with Gasteiger partial charge in [0.1, 0.15) is 6.29 Å². The lowest BCUT2D eigenvalue weighted by molar-refractivity contribution is -0.119. The second-order valence-corrected chi connectivity index (χ2v) is 4.50. The molecular weight excluding hydrogens is 212 g/mol. The number of Topliss-reactive ketones (excluding diaryl/α,β-unsaturated/α-hetero) is 1. The smallest absolute Gasteiger partial charge is 0.162 e. The molecule has 1 aromatic rings. The summed E-state index contributed by atoms with van der Waals surface area (Å²) in [6.07, 6.45) is 4.03. The molecular formula is C15H16O2. The molecule has 1 aliphatic carbocycles. The predicted octanol–water partition coefficient (Wildman–Crippen LogP) is 2.89. The number of carbonyl (C=O) groups is 2. The summed E-state index contributed by atoms with van der Waals surface area (Å²) in [6.45, 7) is 1.86. The predicted molar refractivity (Wildman–Crippen MR) is 66.7 cm³/mol. The molecule has 2 heteroatoms. The van der Waals surface area contributed by atoms with Crippen molar-refractivity contribution in [2.24, 2.45) is 5.92 Å². The number of hydrogen-bond donors (Lipinski definition) is 0. The van der Waals surface area contributed by atoms with Crippen molar-refractivity contribution in [2.75, 3.05) is 0 Å². The van der Waals surface area contributed by atoms with Crippen LogP contribution in [-0.2, 0) is 9.59 Å². The molecule has 1 aromatic carbocycles. The van der Waals surface area contributed by atoms with E-state index in [4.69, 9.17) is 0 Å². The minimum absolute atomic E-state index is 0.0531. The molecule has 17 heavy (non-hydrogen) atoms. The Morgan fingerprint density at radius 3 is 2.59 bits per heavy atom. The van der Waals surface area contributed by atoms with Gasteiger partial charge in [-0.3, -0.25) is 4.79 Å². The molecule has 0 amide bonds. The van der Waals surface area contributed by atoms with E-state index in [1.54, 1.807) is 0 Å². The first-order valence-electron chi connectivity index (χ1n) is 5.95. The first kappa shape index (κ1) is 11.8. The normalized spacial score (nSPS) is 23.6. The minimum atomic E-state index is -0.0531. The zero-order valence-electron chi connectivity index (χ0n) is 9.93. The van der Waals surface area contributed by atoms with Gasteiger partial charge in [0.25, 0.3) is 0 Å². The summed E-state index contributed by atoms with van der Waals surface area (Å²) in [5, 5.41) is 0. The standard InChI is InChI=1S/C15H16O2/c1-11-10-14(12-6-3-2-4-7-12)13(15(11)17)8-5-9-16/h2-4,6-7,9-10,13-14H,5,8H2,1H3. The van der Waals surface area contributed by atoms with Crippen LogP contribution in [0.2, 0.25) is 0 Å². The Balaban J connectivity index is 2.25. The maximum atomic E-state index is 12.0. The van der Waals surface area contributed by atoms with Crippen LogP contribution in [0, 0.1) is 5.92 Å². The molecule has 0 spiro atoms. The fourth-order valence-corrected chi connectivity index (χ4v) is 2.49. The minimum Gasteiger partial charge on any atom is -0.303 e. The molecule has 0 saturated heterocycles. The Bertz CT molecular complexity index is 445. The molecule has 2 unspecified atom stereocenters. The molecule has 0 radical (unpaired) electrons. The van der Waals surface area contributed by atoms with Crippen molar-refractivity contribution >= 4 is 12.1 Å². The van der Waals surface area contributed by atoms with Crippen LogP contribution in [0.1, 0.15) is 31.2 Å². The van der Waals surface area contributed by atoms with E-state index in [-0.39, 0.29) is 17.6 Å². The number of rotatable bonds is 4. The molecule has 0 heterocycles. The SMILES string of the molecule is CC1=CC(c2ccccc2)C(CCC=O)C1=O. The number of carbonyl (C=O) groups excluding carboxylic acids is 2. The van der Waals surface area contributed by atoms with Crippen molar-refractivity contribution in [3.05, 3.63) is 47.5 Å². The van der Waals surface area contributed by atoms with Gasteiger partial charge in [-0.25, -0.2) is 0 Å². The van der Waals surface area contributed by atoms with E-state index in [0.29, 0.717) is 12.8 Å². The summed E-state index contributed by atoms with van der Waals surface area (Å²) >= 11 is 0. The third kappa shape index (κ3) is 2.36. The molecule has 0 N–H and O–H groups in total. The van der Waals surface area contributed by atoms with Crippen molar-refractivity contribution in [2.45, 2.75) is 25.7 Å². The largest absolute Gasteiger partial charge is 0.303 e. The van der Waals surface area contributed by atoms with Gasteiger partial charge in [0.15, 0.2) is 5.78 Å². The van der Waals surface area contributed by atoms with Crippen LogP contribution in [-0.4, -0.2) is 12.1 Å². The fourth-order valence-electron chi connectivity index (χ4n) is 2.49. The monoisotopic (exact) mass is 228 g/mol. The van der Waals surface area contributed by atoms with Crippen molar-refractivity contribution in [1.82, 2.24) is 0 Å². The third-order valence-electron chi connectivity index (χ3n) is 3.37. The highest BCUT2D eigenvalue weighted by Gasteiger charge is 2.33. The third-order valence-corrected chi connectivity index (χ3v) is 3.37. The Morgan fingerprint density at radius 2 is 1.94 bits per heavy atom. The highest BCUT2D eigenvalue weighted by atomic mass is 16.1. The molecule has 2 nitrogen and oxygen atoms in total. The van der Waals surface area contributed by atoms with Crippen molar-refractivity contribution < 1.29 is 9.59 Å². The van der Waals surface area contributed by atoms with Crippen LogP contribution in [0.25, 0.3) is 0 Å². The van der Waals surface area contributed by atoms with E-state index in [1.165, 1.54) is 0 Å². The van der Waals surface area contributed by atoms with Gasteiger partial charge >= 0.3 is 0 Å². The van der Waals surface area contributed by atoms with Gasteiger partial charge in [0.2, 0.25) is 0 Å². The van der Waals surface area contributed by atoms with Crippen LogP contribution >= 0.6 is 0 Å². The van der Waals surface area contributed by atoms with E-state index in [1.807, 2.05) is 43.3 Å². The van der Waals surface area contributed by atoms with Gasteiger partial charge in [0, 0.05) is 18.3 Å². The molecule has 0 saturated carbocycles. The maximum Gasteiger partial charge on any atom is 0.162 e. The first-order chi connectivity index (χ1) is 8.24. The molecule has 0 aliphatic heterocycles. The number of allylic oxidation sites excluding steroid dienone is 2. The Labute approximate surface area is 101 Å². The van der Waals surface area contributed by atoms with Crippen LogP contribution in [0.4, 0.5) is 0 Å². The number of benzene rings is 1. The van der Waals surface area contributed by atoms with E-state index in [2.05, 4.69) is 0 Å². The van der Waals surface area contributed by atoms with Gasteiger partial charge in [-0.1, -0.05) is 36.4 Å². The maximum absolute atomic E-state index is 12.0. The van der Waals surface area contributed by atoms with E-state index < -0.39 is 0 Å². The zero-order chi connectivity index (χ0) is 12.3. The molecule has 0 fully saturated rings. The highest BCUT2D eigenvalue weighted by molar-refractivity contribution is 6.00. The van der Waals surface area contributed by atoms with E-state index in [0.717, 1.165) is 17.4 Å². The topological polar surface area (TPSA) is 34.1 Å².